The van der Waals surface area contributed by atoms with Crippen molar-refractivity contribution in [3.05, 3.63) is 0 Å². The van der Waals surface area contributed by atoms with Gasteiger partial charge in [-0.3, -0.25) is 0 Å². The Balaban J connectivity index is -0.0000000133. The summed E-state index contributed by atoms with van der Waals surface area (Å²) >= 11 is -6.02. The van der Waals surface area contributed by atoms with Gasteiger partial charge in [0.1, 0.15) is 0 Å². The monoisotopic (exact) mass is 365 g/mol. The molecule has 1 radical (unpaired) electrons. The van der Waals surface area contributed by atoms with Crippen LogP contribution in [-0.4, -0.2) is 51.4 Å². The van der Waals surface area contributed by atoms with Gasteiger partial charge in [0.25, 0.3) is 0 Å². The molecule has 0 bridgehead atoms. The van der Waals surface area contributed by atoms with Crippen LogP contribution in [0.1, 0.15) is 0 Å². The van der Waals surface area contributed by atoms with Gasteiger partial charge >= 0.3 is 82.4 Å². The summed E-state index contributed by atoms with van der Waals surface area (Å²) in [4.78, 5) is 0. The van der Waals surface area contributed by atoms with Crippen molar-refractivity contribution < 1.29 is 31.1 Å². The van der Waals surface area contributed by atoms with Crippen LogP contribution in [0, 0.1) is 0 Å². The summed E-state index contributed by atoms with van der Waals surface area (Å²) in [7, 11) is 0. The zero-order valence-electron chi connectivity index (χ0n) is 4.42. The molecule has 0 heterocycles. The number of hydrogen-bond acceptors (Lipinski definition) is 4. The van der Waals surface area contributed by atoms with Gasteiger partial charge in [-0.05, 0) is 0 Å². The Morgan fingerprint density at radius 2 is 1.00 bits per heavy atom. The van der Waals surface area contributed by atoms with Crippen molar-refractivity contribution in [1.29, 1.82) is 0 Å². The van der Waals surface area contributed by atoms with Crippen LogP contribution in [-0.2, 0) is 23.5 Å². The zero-order chi connectivity index (χ0) is 4.50. The van der Waals surface area contributed by atoms with Crippen molar-refractivity contribution in [3.63, 3.8) is 0 Å². The first-order valence-corrected chi connectivity index (χ1v) is 3.94. The number of rotatable bonds is 0. The normalized spacial score (nSPS) is 6.44. The molecule has 9 heavy (non-hydrogen) atoms. The standard InChI is InChI=1S/I.K.Mo.2H3N.4O.H/h;;;2*1H3;;;;;/q;;;;;;;2*-1;/p+2. The molecule has 0 atom stereocenters. The number of hydrogen-bond donors (Lipinski definition) is 2. The third-order valence-electron chi connectivity index (χ3n) is 0. The topological polar surface area (TPSA) is 153 Å². The Morgan fingerprint density at radius 1 is 1.00 bits per heavy atom. The van der Waals surface area contributed by atoms with E-state index >= 15 is 0 Å². The van der Waals surface area contributed by atoms with Crippen molar-refractivity contribution in [2.24, 2.45) is 0 Å². The van der Waals surface area contributed by atoms with Crippen LogP contribution in [0.5, 0.6) is 0 Å². The molecule has 0 rings (SSSR count). The Hall–Kier alpha value is 2.49. The van der Waals surface area contributed by atoms with Crippen LogP contribution < -0.4 is 19.8 Å². The van der Waals surface area contributed by atoms with E-state index < -0.39 is 16.7 Å². The third kappa shape index (κ3) is 122. The molecule has 0 aromatic heterocycles. The molecule has 0 saturated heterocycles. The van der Waals surface area contributed by atoms with E-state index in [0.29, 0.717) is 0 Å². The molecular weight excluding hydrogens is 354 g/mol. The van der Waals surface area contributed by atoms with Gasteiger partial charge in [0.05, 0.1) is 0 Å². The molecule has 0 saturated carbocycles. The minimum atomic E-state index is -6.02. The first-order valence-electron chi connectivity index (χ1n) is 0.667. The summed E-state index contributed by atoms with van der Waals surface area (Å²) in [5.41, 5.74) is 0. The summed E-state index contributed by atoms with van der Waals surface area (Å²) in [5.74, 6) is 0. The van der Waals surface area contributed by atoms with Crippen molar-refractivity contribution in [2.45, 2.75) is 0 Å². The summed E-state index contributed by atoms with van der Waals surface area (Å²) in [6.45, 7) is 0. The molecule has 9 heteroatoms. The van der Waals surface area contributed by atoms with E-state index in [2.05, 4.69) is 0 Å². The number of halogens is 1. The van der Waals surface area contributed by atoms with Gasteiger partial charge in [-0.15, -0.1) is 0 Å². The van der Waals surface area contributed by atoms with Crippen LogP contribution >= 0.6 is 24.0 Å². The fourth-order valence-corrected chi connectivity index (χ4v) is 0. The van der Waals surface area contributed by atoms with Crippen molar-refractivity contribution in [1.82, 2.24) is 12.3 Å². The van der Waals surface area contributed by atoms with Crippen LogP contribution in [0.2, 0.25) is 0 Å². The molecule has 8 N–H and O–H groups in total. The minimum absolute atomic E-state index is 0. The molecule has 0 aromatic carbocycles. The molecule has 0 aliphatic rings. The third-order valence-corrected chi connectivity index (χ3v) is 0. The van der Waals surface area contributed by atoms with Crippen molar-refractivity contribution in [3.8, 4) is 0 Å². The quantitative estimate of drug-likeness (QED) is 0.392. The van der Waals surface area contributed by atoms with E-state index in [1.165, 1.54) is 0 Å². The van der Waals surface area contributed by atoms with Crippen LogP contribution in [0.15, 0.2) is 0 Å². The van der Waals surface area contributed by atoms with Gasteiger partial charge in [-0.2, -0.15) is 0 Å². The second kappa shape index (κ2) is 13.1. The Labute approximate surface area is 116 Å². The van der Waals surface area contributed by atoms with E-state index in [1.807, 2.05) is 0 Å². The molecule has 0 amide bonds. The Kier molecular flexibility index (Phi) is 43.7. The molecule has 0 unspecified atom stereocenters. The van der Waals surface area contributed by atoms with E-state index in [9.17, 15) is 0 Å². The molecule has 0 aliphatic heterocycles. The average Bonchev–Trinajstić information content (AvgIpc) is 0.722. The fourth-order valence-electron chi connectivity index (χ4n) is 0. The molecule has 0 fully saturated rings. The van der Waals surface area contributed by atoms with E-state index in [-0.39, 0.29) is 87.7 Å². The molecule has 0 aliphatic carbocycles. The molecule has 0 spiro atoms. The molecule has 57 valence electrons. The fraction of sp³-hybridized carbons (Fsp3) is 0. The van der Waals surface area contributed by atoms with Crippen LogP contribution in [0.25, 0.3) is 0 Å². The van der Waals surface area contributed by atoms with Crippen molar-refractivity contribution in [2.75, 3.05) is 0 Å². The molecule has 6 nitrogen and oxygen atoms in total. The van der Waals surface area contributed by atoms with Crippen LogP contribution in [0.3, 0.4) is 0 Å². The molecular formula is H9IKMoN2O4. The second-order valence-corrected chi connectivity index (χ2v) is 2.42. The van der Waals surface area contributed by atoms with Gasteiger partial charge in [-0.1, -0.05) is 0 Å². The van der Waals surface area contributed by atoms with Gasteiger partial charge in [0, 0.05) is 24.0 Å². The number of quaternary nitrogens is 2. The predicted molar refractivity (Wildman–Crippen MR) is 34.5 cm³/mol. The van der Waals surface area contributed by atoms with Crippen molar-refractivity contribution >= 4 is 75.4 Å². The Morgan fingerprint density at radius 3 is 1.00 bits per heavy atom. The average molecular weight is 363 g/mol. The SMILES string of the molecule is [I].[KH].[NH4+].[NH4+].[O]=[Mo](=[O])([O-])[O-]. The van der Waals surface area contributed by atoms with Gasteiger partial charge < -0.3 is 12.3 Å². The second-order valence-electron chi connectivity index (χ2n) is 0.408. The summed E-state index contributed by atoms with van der Waals surface area (Å²) < 4.78 is 34.5. The van der Waals surface area contributed by atoms with E-state index in [4.69, 9.17) is 14.3 Å². The Bertz CT molecular complexity index is 102. The van der Waals surface area contributed by atoms with Gasteiger partial charge in [0.2, 0.25) is 0 Å². The molecule has 0 aromatic rings. The van der Waals surface area contributed by atoms with Gasteiger partial charge in [-0.25, -0.2) is 0 Å². The summed E-state index contributed by atoms with van der Waals surface area (Å²) in [6.07, 6.45) is 0. The first-order chi connectivity index (χ1) is 2.00. The first kappa shape index (κ1) is 30.0. The maximum absolute atomic E-state index is 8.63. The van der Waals surface area contributed by atoms with E-state index in [1.54, 1.807) is 0 Å². The van der Waals surface area contributed by atoms with Crippen LogP contribution in [0.4, 0.5) is 0 Å². The summed E-state index contributed by atoms with van der Waals surface area (Å²) in [5, 5.41) is 0. The predicted octanol–water partition coefficient (Wildman–Crippen LogP) is -1.63. The maximum atomic E-state index is 8.63. The van der Waals surface area contributed by atoms with E-state index in [0.717, 1.165) is 0 Å². The zero-order valence-corrected chi connectivity index (χ0v) is 8.58. The van der Waals surface area contributed by atoms with Gasteiger partial charge in [0.15, 0.2) is 0 Å². The summed E-state index contributed by atoms with van der Waals surface area (Å²) in [6, 6.07) is 0.